The zero-order valence-corrected chi connectivity index (χ0v) is 39.2. The Kier molecular flexibility index (Phi) is 39.7. The molecule has 0 bridgehead atoms. The predicted octanol–water partition coefficient (Wildman–Crippen LogP) is 16.0. The molecule has 0 atom stereocenters. The van der Waals surface area contributed by atoms with Crippen molar-refractivity contribution in [2.45, 2.75) is 290 Å². The maximum atomic E-state index is 9.35. The fraction of sp³-hybridized carbons (Fsp3) is 0.889. The smallest absolute Gasteiger partial charge is 0.0431 e. The van der Waals surface area contributed by atoms with Crippen molar-refractivity contribution in [3.8, 4) is 0 Å². The summed E-state index contributed by atoms with van der Waals surface area (Å²) in [7, 11) is 0. The molecule has 0 radical (unpaired) electrons. The lowest BCUT2D eigenvalue weighted by molar-refractivity contribution is 0.282. The van der Waals surface area contributed by atoms with Crippen LogP contribution in [0.2, 0.25) is 0 Å². The number of rotatable bonds is 45. The second-order valence-electron chi connectivity index (χ2n) is 18.2. The maximum absolute atomic E-state index is 9.35. The lowest BCUT2D eigenvalue weighted by Crippen LogP contribution is -2.15. The third-order valence-corrected chi connectivity index (χ3v) is 13.0. The van der Waals surface area contributed by atoms with Crippen LogP contribution in [0.5, 0.6) is 0 Å². The van der Waals surface area contributed by atoms with E-state index in [1.165, 1.54) is 250 Å². The van der Waals surface area contributed by atoms with E-state index in [1.54, 1.807) is 0 Å². The normalized spacial score (nSPS) is 11.7. The highest BCUT2D eigenvalue weighted by Gasteiger charge is 2.23. The van der Waals surface area contributed by atoms with Crippen LogP contribution in [0.15, 0.2) is 0 Å². The molecule has 57 heavy (non-hydrogen) atoms. The van der Waals surface area contributed by atoms with Crippen molar-refractivity contribution in [1.82, 2.24) is 0 Å². The van der Waals surface area contributed by atoms with Gasteiger partial charge in [0.15, 0.2) is 0 Å². The van der Waals surface area contributed by atoms with Crippen LogP contribution in [0.4, 0.5) is 0 Å². The molecule has 3 nitrogen and oxygen atoms in total. The van der Waals surface area contributed by atoms with Gasteiger partial charge in [0.2, 0.25) is 0 Å². The molecule has 0 aliphatic rings. The van der Waals surface area contributed by atoms with Gasteiger partial charge >= 0.3 is 0 Å². The number of aliphatic hydroxyl groups excluding tert-OH is 3. The Balaban J connectivity index is 3.72. The second-order valence-corrected chi connectivity index (χ2v) is 18.2. The van der Waals surface area contributed by atoms with Crippen LogP contribution in [0.3, 0.4) is 0 Å². The average molecular weight is 799 g/mol. The highest BCUT2D eigenvalue weighted by Crippen LogP contribution is 2.36. The molecule has 0 saturated heterocycles. The third-order valence-electron chi connectivity index (χ3n) is 13.0. The molecule has 0 saturated carbocycles. The maximum Gasteiger partial charge on any atom is 0.0431 e. The Morgan fingerprint density at radius 1 is 0.193 bits per heavy atom. The van der Waals surface area contributed by atoms with Crippen LogP contribution < -0.4 is 0 Å². The number of hydrogen-bond acceptors (Lipinski definition) is 3. The van der Waals surface area contributed by atoms with Crippen molar-refractivity contribution in [3.63, 3.8) is 0 Å². The molecule has 0 spiro atoms. The fourth-order valence-electron chi connectivity index (χ4n) is 9.51. The van der Waals surface area contributed by atoms with Crippen LogP contribution in [0, 0.1) is 0 Å². The molecule has 3 N–H and O–H groups in total. The molecule has 336 valence electrons. The Hall–Kier alpha value is -0.900. The lowest BCUT2D eigenvalue weighted by atomic mass is 9.77. The van der Waals surface area contributed by atoms with Crippen molar-refractivity contribution in [1.29, 1.82) is 0 Å². The summed E-state index contributed by atoms with van der Waals surface area (Å²) < 4.78 is 0. The molecule has 0 amide bonds. The Morgan fingerprint density at radius 2 is 0.333 bits per heavy atom. The van der Waals surface area contributed by atoms with Gasteiger partial charge in [0.05, 0.1) is 0 Å². The van der Waals surface area contributed by atoms with E-state index in [9.17, 15) is 15.3 Å². The van der Waals surface area contributed by atoms with Gasteiger partial charge in [-0.1, -0.05) is 194 Å². The summed E-state index contributed by atoms with van der Waals surface area (Å²) in [6.07, 6.45) is 54.4. The molecule has 0 aromatic heterocycles. The standard InChI is InChI=1S/C54H102O3/c1-4-7-10-13-22-31-40-49-52(43-34-25-16-19-28-37-46-55)50(41-32-23-14-11-8-5-2)54(45-36-27-18-21-30-39-48-57)51(42-33-24-15-12-9-6-3)53(49)44-35-26-17-20-29-38-47-56/h55-57H,4-48H2,1-3H3. The first-order chi connectivity index (χ1) is 28.2. The van der Waals surface area contributed by atoms with Crippen LogP contribution in [0.25, 0.3) is 0 Å². The van der Waals surface area contributed by atoms with Crippen molar-refractivity contribution in [3.05, 3.63) is 33.4 Å². The number of aliphatic hydroxyl groups is 3. The molecule has 1 aromatic rings. The number of benzene rings is 1. The average Bonchev–Trinajstić information content (AvgIpc) is 3.22. The third kappa shape index (κ3) is 28.3. The van der Waals surface area contributed by atoms with Crippen LogP contribution in [-0.4, -0.2) is 35.1 Å². The summed E-state index contributed by atoms with van der Waals surface area (Å²) in [6, 6.07) is 0. The quantitative estimate of drug-likeness (QED) is 0.0576. The molecule has 0 unspecified atom stereocenters. The highest BCUT2D eigenvalue weighted by molar-refractivity contribution is 5.53. The second kappa shape index (κ2) is 41.8. The van der Waals surface area contributed by atoms with E-state index < -0.39 is 0 Å². The van der Waals surface area contributed by atoms with Gasteiger partial charge in [0.1, 0.15) is 0 Å². The molecular weight excluding hydrogens is 697 g/mol. The van der Waals surface area contributed by atoms with E-state index in [1.807, 2.05) is 33.4 Å². The van der Waals surface area contributed by atoms with Gasteiger partial charge in [-0.05, 0) is 130 Å². The summed E-state index contributed by atoms with van der Waals surface area (Å²) in [4.78, 5) is 0. The Bertz CT molecular complexity index is 841. The molecule has 1 rings (SSSR count). The van der Waals surface area contributed by atoms with Crippen LogP contribution >= 0.6 is 0 Å². The lowest BCUT2D eigenvalue weighted by Gasteiger charge is -2.28. The van der Waals surface area contributed by atoms with Gasteiger partial charge in [-0.3, -0.25) is 0 Å². The largest absolute Gasteiger partial charge is 0.396 e. The SMILES string of the molecule is CCCCCCCCc1c(CCCCCCCCO)c(CCCCCCCC)c(CCCCCCCCO)c(CCCCCCCC)c1CCCCCCCCO. The van der Waals surface area contributed by atoms with Gasteiger partial charge in [0.25, 0.3) is 0 Å². The van der Waals surface area contributed by atoms with Crippen molar-refractivity contribution in [2.24, 2.45) is 0 Å². The van der Waals surface area contributed by atoms with E-state index in [2.05, 4.69) is 20.8 Å². The molecule has 3 heteroatoms. The minimum atomic E-state index is 0.339. The highest BCUT2D eigenvalue weighted by atomic mass is 16.3. The minimum absolute atomic E-state index is 0.339. The summed E-state index contributed by atoms with van der Waals surface area (Å²) >= 11 is 0. The first kappa shape index (κ1) is 54.1. The Morgan fingerprint density at radius 3 is 0.491 bits per heavy atom. The molecule has 0 aliphatic carbocycles. The first-order valence-electron chi connectivity index (χ1n) is 26.2. The van der Waals surface area contributed by atoms with Gasteiger partial charge in [-0.2, -0.15) is 0 Å². The summed E-state index contributed by atoms with van der Waals surface area (Å²) in [6.45, 7) is 8.04. The molecule has 0 heterocycles. The molecule has 0 aliphatic heterocycles. The zero-order valence-electron chi connectivity index (χ0n) is 39.2. The number of unbranched alkanes of at least 4 members (excludes halogenated alkanes) is 30. The molecular formula is C54H102O3. The van der Waals surface area contributed by atoms with Gasteiger partial charge < -0.3 is 15.3 Å². The van der Waals surface area contributed by atoms with E-state index in [0.717, 1.165) is 19.3 Å². The van der Waals surface area contributed by atoms with Crippen LogP contribution in [0.1, 0.15) is 285 Å². The van der Waals surface area contributed by atoms with Crippen molar-refractivity contribution < 1.29 is 15.3 Å². The summed E-state index contributed by atoms with van der Waals surface area (Å²) in [5.41, 5.74) is 11.0. The van der Waals surface area contributed by atoms with E-state index in [-0.39, 0.29) is 0 Å². The van der Waals surface area contributed by atoms with Crippen molar-refractivity contribution >= 4 is 0 Å². The van der Waals surface area contributed by atoms with Gasteiger partial charge in [0, 0.05) is 19.8 Å². The van der Waals surface area contributed by atoms with Gasteiger partial charge in [-0.15, -0.1) is 0 Å². The van der Waals surface area contributed by atoms with Gasteiger partial charge in [-0.25, -0.2) is 0 Å². The molecule has 1 aromatic carbocycles. The summed E-state index contributed by atoms with van der Waals surface area (Å²) in [5.74, 6) is 0. The van der Waals surface area contributed by atoms with E-state index in [0.29, 0.717) is 19.8 Å². The fourth-order valence-corrected chi connectivity index (χ4v) is 9.51. The first-order valence-corrected chi connectivity index (χ1v) is 26.2. The topological polar surface area (TPSA) is 60.7 Å². The summed E-state index contributed by atoms with van der Waals surface area (Å²) in [5, 5.41) is 28.1. The number of hydrogen-bond donors (Lipinski definition) is 3. The van der Waals surface area contributed by atoms with Crippen molar-refractivity contribution in [2.75, 3.05) is 19.8 Å². The molecule has 0 fully saturated rings. The Labute approximate surface area is 357 Å². The zero-order chi connectivity index (χ0) is 41.3. The predicted molar refractivity (Wildman–Crippen MR) is 253 cm³/mol. The van der Waals surface area contributed by atoms with Crippen LogP contribution in [-0.2, 0) is 38.5 Å². The van der Waals surface area contributed by atoms with E-state index in [4.69, 9.17) is 0 Å². The van der Waals surface area contributed by atoms with E-state index >= 15 is 0 Å². The minimum Gasteiger partial charge on any atom is -0.396 e. The monoisotopic (exact) mass is 799 g/mol.